The second-order valence-electron chi connectivity index (χ2n) is 4.70. The number of carbonyl (C=O) groups excluding carboxylic acids is 1. The first kappa shape index (κ1) is 12.8. The van der Waals surface area contributed by atoms with Gasteiger partial charge in [0.2, 0.25) is 5.91 Å². The molecule has 0 saturated carbocycles. The zero-order chi connectivity index (χ0) is 13.0. The molecule has 98 valence electrons. The van der Waals surface area contributed by atoms with Crippen LogP contribution in [0.5, 0.6) is 0 Å². The average molecular weight is 248 g/mol. The highest BCUT2D eigenvalue weighted by molar-refractivity contribution is 5.79. The molecular formula is C13H20N4O. The number of rotatable bonds is 3. The summed E-state index contributed by atoms with van der Waals surface area (Å²) in [6, 6.07) is 1.97. The summed E-state index contributed by atoms with van der Waals surface area (Å²) in [6.45, 7) is 6.32. The fraction of sp³-hybridized carbons (Fsp3) is 0.615. The van der Waals surface area contributed by atoms with Gasteiger partial charge in [0.25, 0.3) is 0 Å². The summed E-state index contributed by atoms with van der Waals surface area (Å²) in [6.07, 6.45) is 3.58. The summed E-state index contributed by atoms with van der Waals surface area (Å²) < 4.78 is 0. The molecule has 1 aromatic heterocycles. The van der Waals surface area contributed by atoms with Crippen LogP contribution in [0, 0.1) is 12.8 Å². The third-order valence-corrected chi connectivity index (χ3v) is 3.26. The lowest BCUT2D eigenvalue weighted by molar-refractivity contribution is -0.125. The Kier molecular flexibility index (Phi) is 4.12. The summed E-state index contributed by atoms with van der Waals surface area (Å²) in [7, 11) is 0. The van der Waals surface area contributed by atoms with Crippen molar-refractivity contribution in [2.45, 2.75) is 26.7 Å². The second-order valence-corrected chi connectivity index (χ2v) is 4.70. The van der Waals surface area contributed by atoms with Gasteiger partial charge in [-0.15, -0.1) is 0 Å². The number of hydrogen-bond donors (Lipinski definition) is 1. The number of anilines is 1. The Balaban J connectivity index is 2.04. The van der Waals surface area contributed by atoms with Gasteiger partial charge in [-0.05, 0) is 26.7 Å². The molecule has 0 spiro atoms. The lowest BCUT2D eigenvalue weighted by Gasteiger charge is -2.32. The molecule has 2 rings (SSSR count). The first-order chi connectivity index (χ1) is 8.70. The molecule has 0 aromatic carbocycles. The Labute approximate surface area is 108 Å². The standard InChI is InChI=1S/C13H20N4O/c1-3-14-13(18)11-5-4-6-17(8-11)12-7-10(2)15-9-16-12/h7,9,11H,3-6,8H2,1-2H3,(H,14,18). The number of nitrogens with one attached hydrogen (secondary N) is 1. The van der Waals surface area contributed by atoms with Crippen LogP contribution in [0.2, 0.25) is 0 Å². The zero-order valence-corrected chi connectivity index (χ0v) is 11.0. The van der Waals surface area contributed by atoms with Crippen LogP contribution in [0.1, 0.15) is 25.5 Å². The van der Waals surface area contributed by atoms with Gasteiger partial charge in [-0.3, -0.25) is 4.79 Å². The molecule has 1 aromatic rings. The van der Waals surface area contributed by atoms with Gasteiger partial charge in [0, 0.05) is 31.4 Å². The summed E-state index contributed by atoms with van der Waals surface area (Å²) in [4.78, 5) is 22.4. The Morgan fingerprint density at radius 3 is 3.11 bits per heavy atom. The van der Waals surface area contributed by atoms with Crippen LogP contribution >= 0.6 is 0 Å². The Hall–Kier alpha value is -1.65. The molecule has 5 heteroatoms. The van der Waals surface area contributed by atoms with Gasteiger partial charge in [0.15, 0.2) is 0 Å². The molecule has 0 radical (unpaired) electrons. The maximum absolute atomic E-state index is 11.9. The van der Waals surface area contributed by atoms with E-state index in [1.54, 1.807) is 6.33 Å². The highest BCUT2D eigenvalue weighted by Gasteiger charge is 2.26. The number of carbonyl (C=O) groups is 1. The predicted molar refractivity (Wildman–Crippen MR) is 70.4 cm³/mol. The van der Waals surface area contributed by atoms with Gasteiger partial charge in [0.1, 0.15) is 12.1 Å². The zero-order valence-electron chi connectivity index (χ0n) is 11.0. The lowest BCUT2D eigenvalue weighted by atomic mass is 9.97. The number of amides is 1. The molecule has 1 aliphatic heterocycles. The smallest absolute Gasteiger partial charge is 0.224 e. The quantitative estimate of drug-likeness (QED) is 0.871. The second kappa shape index (κ2) is 5.80. The van der Waals surface area contributed by atoms with E-state index in [1.165, 1.54) is 0 Å². The van der Waals surface area contributed by atoms with E-state index in [9.17, 15) is 4.79 Å². The SMILES string of the molecule is CCNC(=O)C1CCCN(c2cc(C)ncn2)C1. The molecular weight excluding hydrogens is 228 g/mol. The summed E-state index contributed by atoms with van der Waals surface area (Å²) in [5, 5.41) is 2.90. The van der Waals surface area contributed by atoms with Crippen molar-refractivity contribution in [3.05, 3.63) is 18.1 Å². The summed E-state index contributed by atoms with van der Waals surface area (Å²) in [5.74, 6) is 1.17. The molecule has 18 heavy (non-hydrogen) atoms. The number of aromatic nitrogens is 2. The van der Waals surface area contributed by atoms with Gasteiger partial charge < -0.3 is 10.2 Å². The Morgan fingerprint density at radius 2 is 2.39 bits per heavy atom. The highest BCUT2D eigenvalue weighted by atomic mass is 16.1. The normalized spacial score (nSPS) is 19.7. The summed E-state index contributed by atoms with van der Waals surface area (Å²) >= 11 is 0. The van der Waals surface area contributed by atoms with Crippen molar-refractivity contribution in [3.63, 3.8) is 0 Å². The van der Waals surface area contributed by atoms with Crippen LogP contribution in [-0.2, 0) is 4.79 Å². The van der Waals surface area contributed by atoms with Crippen molar-refractivity contribution < 1.29 is 4.79 Å². The largest absolute Gasteiger partial charge is 0.356 e. The van der Waals surface area contributed by atoms with Crippen molar-refractivity contribution >= 4 is 11.7 Å². The van der Waals surface area contributed by atoms with Crippen LogP contribution in [-0.4, -0.2) is 35.5 Å². The van der Waals surface area contributed by atoms with E-state index in [0.717, 1.165) is 37.4 Å². The fourth-order valence-electron chi connectivity index (χ4n) is 2.33. The topological polar surface area (TPSA) is 58.1 Å². The lowest BCUT2D eigenvalue weighted by Crippen LogP contribution is -2.43. The third kappa shape index (κ3) is 2.97. The molecule has 5 nitrogen and oxygen atoms in total. The van der Waals surface area contributed by atoms with Crippen molar-refractivity contribution in [1.29, 1.82) is 0 Å². The molecule has 1 aliphatic rings. The predicted octanol–water partition coefficient (Wildman–Crippen LogP) is 1.14. The minimum atomic E-state index is 0.0778. The first-order valence-corrected chi connectivity index (χ1v) is 6.52. The molecule has 0 bridgehead atoms. The number of aryl methyl sites for hydroxylation is 1. The van der Waals surface area contributed by atoms with Crippen LogP contribution in [0.15, 0.2) is 12.4 Å². The fourth-order valence-corrected chi connectivity index (χ4v) is 2.33. The van der Waals surface area contributed by atoms with Gasteiger partial charge in [-0.2, -0.15) is 0 Å². The third-order valence-electron chi connectivity index (χ3n) is 3.26. The molecule has 1 saturated heterocycles. The highest BCUT2D eigenvalue weighted by Crippen LogP contribution is 2.21. The van der Waals surface area contributed by atoms with Gasteiger partial charge in [0.05, 0.1) is 5.92 Å². The van der Waals surface area contributed by atoms with Crippen molar-refractivity contribution in [3.8, 4) is 0 Å². The van der Waals surface area contributed by atoms with Crippen LogP contribution in [0.25, 0.3) is 0 Å². The van der Waals surface area contributed by atoms with Crippen molar-refractivity contribution in [2.75, 3.05) is 24.5 Å². The molecule has 0 aliphatic carbocycles. The van der Waals surface area contributed by atoms with E-state index in [2.05, 4.69) is 20.2 Å². The van der Waals surface area contributed by atoms with Gasteiger partial charge in [-0.1, -0.05) is 0 Å². The molecule has 1 amide bonds. The van der Waals surface area contributed by atoms with Crippen molar-refractivity contribution in [1.82, 2.24) is 15.3 Å². The number of piperidine rings is 1. The molecule has 1 fully saturated rings. The average Bonchev–Trinajstić information content (AvgIpc) is 2.39. The number of hydrogen-bond acceptors (Lipinski definition) is 4. The van der Waals surface area contributed by atoms with Crippen LogP contribution in [0.4, 0.5) is 5.82 Å². The maximum Gasteiger partial charge on any atom is 0.224 e. The van der Waals surface area contributed by atoms with E-state index in [1.807, 2.05) is 19.9 Å². The summed E-state index contributed by atoms with van der Waals surface area (Å²) in [5.41, 5.74) is 0.958. The monoisotopic (exact) mass is 248 g/mol. The molecule has 2 heterocycles. The van der Waals surface area contributed by atoms with E-state index >= 15 is 0 Å². The number of nitrogens with zero attached hydrogens (tertiary/aromatic N) is 3. The van der Waals surface area contributed by atoms with Crippen molar-refractivity contribution in [2.24, 2.45) is 5.92 Å². The Morgan fingerprint density at radius 1 is 1.56 bits per heavy atom. The van der Waals surface area contributed by atoms with E-state index < -0.39 is 0 Å². The van der Waals surface area contributed by atoms with Crippen LogP contribution in [0.3, 0.4) is 0 Å². The minimum Gasteiger partial charge on any atom is -0.356 e. The van der Waals surface area contributed by atoms with Gasteiger partial charge in [-0.25, -0.2) is 9.97 Å². The van der Waals surface area contributed by atoms with Gasteiger partial charge >= 0.3 is 0 Å². The first-order valence-electron chi connectivity index (χ1n) is 6.52. The minimum absolute atomic E-state index is 0.0778. The molecule has 1 atom stereocenters. The van der Waals surface area contributed by atoms with E-state index in [4.69, 9.17) is 0 Å². The molecule has 1 unspecified atom stereocenters. The molecule has 1 N–H and O–H groups in total. The van der Waals surface area contributed by atoms with Crippen LogP contribution < -0.4 is 10.2 Å². The van der Waals surface area contributed by atoms with E-state index in [-0.39, 0.29) is 11.8 Å². The Bertz CT molecular complexity index is 421. The maximum atomic E-state index is 11.9. The van der Waals surface area contributed by atoms with E-state index in [0.29, 0.717) is 6.54 Å².